The van der Waals surface area contributed by atoms with E-state index in [-0.39, 0.29) is 12.5 Å². The van der Waals surface area contributed by atoms with E-state index >= 15 is 0 Å². The first-order chi connectivity index (χ1) is 13.7. The summed E-state index contributed by atoms with van der Waals surface area (Å²) in [5.41, 5.74) is 2.08. The quantitative estimate of drug-likeness (QED) is 0.672. The lowest BCUT2D eigenvalue weighted by Crippen LogP contribution is -2.47. The lowest BCUT2D eigenvalue weighted by atomic mass is 10.1. The SMILES string of the molecule is O=C1N(Cc2nnc(-c3ccccc3)o2)c2ccc(Cl)cc2C12OCCCO2. The van der Waals surface area contributed by atoms with E-state index in [2.05, 4.69) is 10.2 Å². The summed E-state index contributed by atoms with van der Waals surface area (Å²) in [7, 11) is 0. The zero-order valence-corrected chi connectivity index (χ0v) is 15.6. The molecule has 0 unspecified atom stereocenters. The van der Waals surface area contributed by atoms with E-state index in [1.165, 1.54) is 0 Å². The fourth-order valence-electron chi connectivity index (χ4n) is 3.53. The molecule has 142 valence electrons. The zero-order valence-electron chi connectivity index (χ0n) is 14.8. The van der Waals surface area contributed by atoms with Crippen LogP contribution < -0.4 is 4.90 Å². The number of hydrogen-bond acceptors (Lipinski definition) is 6. The Hall–Kier alpha value is -2.74. The van der Waals surface area contributed by atoms with Crippen LogP contribution in [0.15, 0.2) is 52.9 Å². The predicted molar refractivity (Wildman–Crippen MR) is 101 cm³/mol. The third-order valence-corrected chi connectivity index (χ3v) is 5.05. The van der Waals surface area contributed by atoms with Gasteiger partial charge in [-0.05, 0) is 36.8 Å². The minimum absolute atomic E-state index is 0.113. The number of halogens is 1. The van der Waals surface area contributed by atoms with Gasteiger partial charge in [-0.1, -0.05) is 29.8 Å². The highest BCUT2D eigenvalue weighted by Gasteiger charge is 2.55. The van der Waals surface area contributed by atoms with E-state index in [1.54, 1.807) is 23.1 Å². The molecule has 7 nitrogen and oxygen atoms in total. The van der Waals surface area contributed by atoms with Crippen molar-refractivity contribution in [3.8, 4) is 11.5 Å². The summed E-state index contributed by atoms with van der Waals surface area (Å²) >= 11 is 6.17. The van der Waals surface area contributed by atoms with Crippen LogP contribution in [-0.2, 0) is 26.6 Å². The van der Waals surface area contributed by atoms with Gasteiger partial charge >= 0.3 is 0 Å². The summed E-state index contributed by atoms with van der Waals surface area (Å²) < 4.78 is 17.4. The predicted octanol–water partition coefficient (Wildman–Crippen LogP) is 3.53. The van der Waals surface area contributed by atoms with Gasteiger partial charge in [0.25, 0.3) is 11.7 Å². The fourth-order valence-corrected chi connectivity index (χ4v) is 3.70. The third-order valence-electron chi connectivity index (χ3n) is 4.81. The Morgan fingerprint density at radius 2 is 1.86 bits per heavy atom. The van der Waals surface area contributed by atoms with Crippen LogP contribution in [0.1, 0.15) is 17.9 Å². The number of carbonyl (C=O) groups is 1. The molecule has 1 aromatic heterocycles. The number of hydrogen-bond donors (Lipinski definition) is 0. The Morgan fingerprint density at radius 3 is 2.64 bits per heavy atom. The molecule has 1 spiro atoms. The van der Waals surface area contributed by atoms with Crippen molar-refractivity contribution >= 4 is 23.2 Å². The van der Waals surface area contributed by atoms with Crippen molar-refractivity contribution in [2.45, 2.75) is 18.8 Å². The van der Waals surface area contributed by atoms with Crippen LogP contribution in [0.25, 0.3) is 11.5 Å². The summed E-state index contributed by atoms with van der Waals surface area (Å²) in [6.45, 7) is 0.982. The first-order valence-corrected chi connectivity index (χ1v) is 9.33. The summed E-state index contributed by atoms with van der Waals surface area (Å²) in [5.74, 6) is -1.05. The topological polar surface area (TPSA) is 77.7 Å². The molecule has 0 atom stereocenters. The number of aromatic nitrogens is 2. The summed E-state index contributed by atoms with van der Waals surface area (Å²) in [4.78, 5) is 14.8. The van der Waals surface area contributed by atoms with Crippen LogP contribution in [-0.4, -0.2) is 29.3 Å². The van der Waals surface area contributed by atoms with E-state index in [4.69, 9.17) is 25.5 Å². The number of nitrogens with zero attached hydrogens (tertiary/aromatic N) is 3. The number of benzene rings is 2. The van der Waals surface area contributed by atoms with Crippen molar-refractivity contribution in [1.82, 2.24) is 10.2 Å². The average molecular weight is 398 g/mol. The average Bonchev–Trinajstić information content (AvgIpc) is 3.28. The molecule has 0 bridgehead atoms. The molecule has 2 aliphatic heterocycles. The van der Waals surface area contributed by atoms with E-state index in [9.17, 15) is 4.79 Å². The van der Waals surface area contributed by atoms with Gasteiger partial charge in [-0.25, -0.2) is 0 Å². The Balaban J connectivity index is 1.49. The maximum Gasteiger partial charge on any atom is 0.293 e. The van der Waals surface area contributed by atoms with Crippen molar-refractivity contribution in [1.29, 1.82) is 0 Å². The number of carbonyl (C=O) groups excluding carboxylic acids is 1. The molecule has 0 saturated carbocycles. The molecule has 1 saturated heterocycles. The second-order valence-electron chi connectivity index (χ2n) is 6.59. The number of fused-ring (bicyclic) bond motifs is 2. The van der Waals surface area contributed by atoms with Crippen LogP contribution in [0.5, 0.6) is 0 Å². The van der Waals surface area contributed by atoms with Crippen LogP contribution >= 0.6 is 11.6 Å². The van der Waals surface area contributed by atoms with Gasteiger partial charge in [-0.3, -0.25) is 9.69 Å². The van der Waals surface area contributed by atoms with Crippen LogP contribution in [0.4, 0.5) is 5.69 Å². The van der Waals surface area contributed by atoms with E-state index in [0.29, 0.717) is 41.3 Å². The smallest absolute Gasteiger partial charge is 0.293 e. The van der Waals surface area contributed by atoms with Gasteiger partial charge in [0.15, 0.2) is 0 Å². The highest BCUT2D eigenvalue weighted by molar-refractivity contribution is 6.31. The van der Waals surface area contributed by atoms with E-state index < -0.39 is 5.79 Å². The van der Waals surface area contributed by atoms with Gasteiger partial charge < -0.3 is 13.9 Å². The second kappa shape index (κ2) is 6.70. The summed E-state index contributed by atoms with van der Waals surface area (Å²) in [6.07, 6.45) is 0.731. The Kier molecular flexibility index (Phi) is 4.16. The monoisotopic (exact) mass is 397 g/mol. The standard InChI is InChI=1S/C20H16ClN3O4/c21-14-7-8-16-15(11-14)20(26-9-4-10-27-20)19(25)24(16)12-17-22-23-18(28-17)13-5-2-1-3-6-13/h1-3,5-8,11H,4,9-10,12H2. The zero-order chi connectivity index (χ0) is 19.1. The molecule has 3 heterocycles. The van der Waals surface area contributed by atoms with Crippen LogP contribution in [0.3, 0.4) is 0 Å². The molecule has 2 aromatic carbocycles. The highest BCUT2D eigenvalue weighted by atomic mass is 35.5. The number of amides is 1. The molecule has 0 N–H and O–H groups in total. The molecule has 2 aliphatic rings. The molecule has 1 fully saturated rings. The van der Waals surface area contributed by atoms with Crippen LogP contribution in [0.2, 0.25) is 5.02 Å². The van der Waals surface area contributed by atoms with Gasteiger partial charge in [0.2, 0.25) is 11.8 Å². The molecule has 1 amide bonds. The molecular weight excluding hydrogens is 382 g/mol. The molecular formula is C20H16ClN3O4. The highest BCUT2D eigenvalue weighted by Crippen LogP contribution is 2.46. The van der Waals surface area contributed by atoms with Crippen molar-refractivity contribution in [2.24, 2.45) is 0 Å². The Labute approximate surface area is 165 Å². The Bertz CT molecular complexity index is 1030. The number of anilines is 1. The number of ether oxygens (including phenoxy) is 2. The van der Waals surface area contributed by atoms with Crippen molar-refractivity contribution < 1.29 is 18.7 Å². The summed E-state index contributed by atoms with van der Waals surface area (Å²) in [6, 6.07) is 14.7. The summed E-state index contributed by atoms with van der Waals surface area (Å²) in [5, 5.41) is 8.69. The van der Waals surface area contributed by atoms with Gasteiger partial charge in [0.05, 0.1) is 18.9 Å². The van der Waals surface area contributed by atoms with Crippen molar-refractivity contribution in [2.75, 3.05) is 18.1 Å². The molecule has 0 aliphatic carbocycles. The minimum Gasteiger partial charge on any atom is -0.419 e. The maximum atomic E-state index is 13.3. The molecule has 0 radical (unpaired) electrons. The van der Waals surface area contributed by atoms with Gasteiger partial charge in [0, 0.05) is 16.1 Å². The maximum absolute atomic E-state index is 13.3. The molecule has 3 aromatic rings. The second-order valence-corrected chi connectivity index (χ2v) is 7.02. The van der Waals surface area contributed by atoms with Crippen molar-refractivity contribution in [3.63, 3.8) is 0 Å². The first kappa shape index (κ1) is 17.4. The van der Waals surface area contributed by atoms with Crippen LogP contribution in [0, 0.1) is 0 Å². The van der Waals surface area contributed by atoms with Gasteiger partial charge in [-0.2, -0.15) is 0 Å². The fraction of sp³-hybridized carbons (Fsp3) is 0.250. The first-order valence-electron chi connectivity index (χ1n) is 8.95. The lowest BCUT2D eigenvalue weighted by molar-refractivity contribution is -0.256. The Morgan fingerprint density at radius 1 is 1.07 bits per heavy atom. The van der Waals surface area contributed by atoms with Crippen molar-refractivity contribution in [3.05, 3.63) is 65.0 Å². The number of rotatable bonds is 3. The van der Waals surface area contributed by atoms with E-state index in [1.807, 2.05) is 30.3 Å². The van der Waals surface area contributed by atoms with Gasteiger partial charge in [-0.15, -0.1) is 10.2 Å². The lowest BCUT2D eigenvalue weighted by Gasteiger charge is -2.32. The largest absolute Gasteiger partial charge is 0.419 e. The molecule has 5 rings (SSSR count). The molecule has 28 heavy (non-hydrogen) atoms. The minimum atomic E-state index is -1.46. The third kappa shape index (κ3) is 2.71. The van der Waals surface area contributed by atoms with E-state index in [0.717, 1.165) is 12.0 Å². The molecule has 8 heteroatoms. The van der Waals surface area contributed by atoms with Gasteiger partial charge in [0.1, 0.15) is 6.54 Å². The normalized spacial score (nSPS) is 17.9.